The van der Waals surface area contributed by atoms with E-state index < -0.39 is 0 Å². The van der Waals surface area contributed by atoms with E-state index >= 15 is 0 Å². The lowest BCUT2D eigenvalue weighted by atomic mass is 10.1. The number of rotatable bonds is 5. The van der Waals surface area contributed by atoms with Crippen LogP contribution in [0.5, 0.6) is 11.5 Å². The van der Waals surface area contributed by atoms with Gasteiger partial charge in [0, 0.05) is 24.5 Å². The molecule has 2 aliphatic rings. The summed E-state index contributed by atoms with van der Waals surface area (Å²) in [6.07, 6.45) is 4.85. The minimum absolute atomic E-state index is 0.0660. The smallest absolute Gasteiger partial charge is 0.253 e. The predicted molar refractivity (Wildman–Crippen MR) is 121 cm³/mol. The normalized spacial score (nSPS) is 17.4. The average molecular weight is 445 g/mol. The summed E-state index contributed by atoms with van der Waals surface area (Å²) < 4.78 is 17.0. The topological polar surface area (TPSA) is 98.7 Å². The highest BCUT2D eigenvalue weighted by atomic mass is 16.5. The molecule has 4 heterocycles. The number of benzene rings is 1. The number of anilines is 2. The summed E-state index contributed by atoms with van der Waals surface area (Å²) in [5.41, 5.74) is 2.16. The Hall–Kier alpha value is -3.98. The molecule has 1 N–H and O–H groups in total. The molecule has 1 amide bonds. The molecule has 9 nitrogen and oxygen atoms in total. The number of nitrogens with zero attached hydrogens (tertiary/aromatic N) is 4. The SMILES string of the molecule is COc1ccc2c(c1)C=C(C(=O)N1CCOC(c3cccc(Nc4ncccn4)n3)C1)CO2. The first kappa shape index (κ1) is 20.9. The second-order valence-electron chi connectivity index (χ2n) is 7.62. The van der Waals surface area contributed by atoms with E-state index in [1.165, 1.54) is 0 Å². The molecule has 2 aromatic heterocycles. The molecule has 0 radical (unpaired) electrons. The number of morpholine rings is 1. The van der Waals surface area contributed by atoms with Crippen LogP contribution in [0.2, 0.25) is 0 Å². The Morgan fingerprint density at radius 1 is 1.18 bits per heavy atom. The Labute approximate surface area is 191 Å². The lowest BCUT2D eigenvalue weighted by molar-refractivity contribution is -0.135. The third-order valence-electron chi connectivity index (χ3n) is 5.46. The van der Waals surface area contributed by atoms with Crippen LogP contribution < -0.4 is 14.8 Å². The molecule has 168 valence electrons. The molecule has 1 unspecified atom stereocenters. The van der Waals surface area contributed by atoms with Crippen molar-refractivity contribution in [2.75, 3.05) is 38.7 Å². The molecule has 1 saturated heterocycles. The Bertz CT molecular complexity index is 1180. The molecule has 1 fully saturated rings. The lowest BCUT2D eigenvalue weighted by Crippen LogP contribution is -2.44. The number of hydrogen-bond donors (Lipinski definition) is 1. The molecule has 33 heavy (non-hydrogen) atoms. The summed E-state index contributed by atoms with van der Waals surface area (Å²) in [4.78, 5) is 28.0. The van der Waals surface area contributed by atoms with Gasteiger partial charge >= 0.3 is 0 Å². The largest absolute Gasteiger partial charge is 0.497 e. The molecule has 2 aliphatic heterocycles. The first-order chi connectivity index (χ1) is 16.2. The molecule has 0 bridgehead atoms. The highest BCUT2D eigenvalue weighted by molar-refractivity contribution is 5.99. The maximum absolute atomic E-state index is 13.2. The number of amides is 1. The van der Waals surface area contributed by atoms with Crippen molar-refractivity contribution in [2.45, 2.75) is 6.10 Å². The zero-order chi connectivity index (χ0) is 22.6. The maximum atomic E-state index is 13.2. The van der Waals surface area contributed by atoms with Gasteiger partial charge in [0.25, 0.3) is 5.91 Å². The number of ether oxygens (including phenoxy) is 3. The molecule has 0 aliphatic carbocycles. The van der Waals surface area contributed by atoms with Gasteiger partial charge in [-0.15, -0.1) is 0 Å². The predicted octanol–water partition coefficient (Wildman–Crippen LogP) is 3.00. The van der Waals surface area contributed by atoms with E-state index in [0.29, 0.717) is 42.8 Å². The lowest BCUT2D eigenvalue weighted by Gasteiger charge is -2.33. The number of carbonyl (C=O) groups is 1. The number of aromatic nitrogens is 3. The molecule has 5 rings (SSSR count). The molecule has 9 heteroatoms. The molecular weight excluding hydrogens is 422 g/mol. The van der Waals surface area contributed by atoms with Crippen molar-refractivity contribution in [3.63, 3.8) is 0 Å². The Kier molecular flexibility index (Phi) is 5.86. The van der Waals surface area contributed by atoms with Crippen molar-refractivity contribution in [3.8, 4) is 11.5 Å². The first-order valence-electron chi connectivity index (χ1n) is 10.6. The van der Waals surface area contributed by atoms with Gasteiger partial charge in [0.1, 0.15) is 30.0 Å². The van der Waals surface area contributed by atoms with Gasteiger partial charge in [-0.1, -0.05) is 6.07 Å². The number of fused-ring (bicyclic) bond motifs is 1. The average Bonchev–Trinajstić information content (AvgIpc) is 2.88. The van der Waals surface area contributed by atoms with Gasteiger partial charge in [0.05, 0.1) is 31.5 Å². The molecule has 1 aromatic carbocycles. The second-order valence-corrected chi connectivity index (χ2v) is 7.62. The molecule has 1 atom stereocenters. The quantitative estimate of drug-likeness (QED) is 0.640. The minimum Gasteiger partial charge on any atom is -0.497 e. The van der Waals surface area contributed by atoms with E-state index in [0.717, 1.165) is 17.0 Å². The van der Waals surface area contributed by atoms with Crippen molar-refractivity contribution >= 4 is 23.7 Å². The standard InChI is InChI=1S/C24H23N5O4/c1-31-18-6-7-20-16(13-18)12-17(15-33-20)23(30)29-10-11-32-21(14-29)19-4-2-5-22(27-19)28-24-25-8-3-9-26-24/h2-9,12-13,21H,10-11,14-15H2,1H3,(H,25,26,27,28). The van der Waals surface area contributed by atoms with Gasteiger partial charge in [-0.2, -0.15) is 0 Å². The highest BCUT2D eigenvalue weighted by Gasteiger charge is 2.29. The fraction of sp³-hybridized carbons (Fsp3) is 0.250. The van der Waals surface area contributed by atoms with Crippen LogP contribution in [0.1, 0.15) is 17.4 Å². The van der Waals surface area contributed by atoms with Crippen molar-refractivity contribution < 1.29 is 19.0 Å². The van der Waals surface area contributed by atoms with Gasteiger partial charge in [0.2, 0.25) is 5.95 Å². The van der Waals surface area contributed by atoms with E-state index in [1.807, 2.05) is 42.5 Å². The van der Waals surface area contributed by atoms with Crippen LogP contribution in [-0.2, 0) is 9.53 Å². The summed E-state index contributed by atoms with van der Waals surface area (Å²) in [6, 6.07) is 12.9. The van der Waals surface area contributed by atoms with Gasteiger partial charge < -0.3 is 24.4 Å². The number of pyridine rings is 1. The summed E-state index contributed by atoms with van der Waals surface area (Å²) in [7, 11) is 1.61. The van der Waals surface area contributed by atoms with Crippen LogP contribution in [0.25, 0.3) is 6.08 Å². The third kappa shape index (κ3) is 4.63. The van der Waals surface area contributed by atoms with Crippen LogP contribution in [0.4, 0.5) is 11.8 Å². The zero-order valence-corrected chi connectivity index (χ0v) is 18.1. The van der Waals surface area contributed by atoms with Crippen molar-refractivity contribution in [1.82, 2.24) is 19.9 Å². The number of methoxy groups -OCH3 is 1. The van der Waals surface area contributed by atoms with E-state index in [9.17, 15) is 4.79 Å². The summed E-state index contributed by atoms with van der Waals surface area (Å²) in [5.74, 6) is 2.46. The monoisotopic (exact) mass is 445 g/mol. The summed E-state index contributed by atoms with van der Waals surface area (Å²) in [6.45, 7) is 1.57. The highest BCUT2D eigenvalue weighted by Crippen LogP contribution is 2.31. The molecule has 3 aromatic rings. The zero-order valence-electron chi connectivity index (χ0n) is 18.1. The van der Waals surface area contributed by atoms with Crippen molar-refractivity contribution in [3.05, 3.63) is 71.7 Å². The summed E-state index contributed by atoms with van der Waals surface area (Å²) >= 11 is 0. The molecule has 0 saturated carbocycles. The van der Waals surface area contributed by atoms with Crippen LogP contribution in [0.3, 0.4) is 0 Å². The van der Waals surface area contributed by atoms with Gasteiger partial charge in [-0.25, -0.2) is 15.0 Å². The van der Waals surface area contributed by atoms with Crippen molar-refractivity contribution in [1.29, 1.82) is 0 Å². The molecule has 0 spiro atoms. The second kappa shape index (κ2) is 9.25. The number of nitrogens with one attached hydrogen (secondary N) is 1. The fourth-order valence-corrected chi connectivity index (χ4v) is 3.80. The minimum atomic E-state index is -0.335. The fourth-order valence-electron chi connectivity index (χ4n) is 3.80. The molecular formula is C24H23N5O4. The first-order valence-corrected chi connectivity index (χ1v) is 10.6. The Morgan fingerprint density at radius 3 is 2.91 bits per heavy atom. The van der Waals surface area contributed by atoms with Gasteiger partial charge in [0.15, 0.2) is 0 Å². The van der Waals surface area contributed by atoms with E-state index in [2.05, 4.69) is 20.3 Å². The summed E-state index contributed by atoms with van der Waals surface area (Å²) in [5, 5.41) is 3.08. The van der Waals surface area contributed by atoms with E-state index in [4.69, 9.17) is 14.2 Å². The van der Waals surface area contributed by atoms with Crippen molar-refractivity contribution in [2.24, 2.45) is 0 Å². The Morgan fingerprint density at radius 2 is 2.06 bits per heavy atom. The van der Waals surface area contributed by atoms with Gasteiger partial charge in [-0.3, -0.25) is 4.79 Å². The number of carbonyl (C=O) groups excluding carboxylic acids is 1. The van der Waals surface area contributed by atoms with Gasteiger partial charge in [-0.05, 0) is 42.5 Å². The Balaban J connectivity index is 1.30. The maximum Gasteiger partial charge on any atom is 0.253 e. The van der Waals surface area contributed by atoms with Crippen LogP contribution in [-0.4, -0.2) is 59.2 Å². The van der Waals surface area contributed by atoms with Crippen LogP contribution in [0.15, 0.2) is 60.4 Å². The van der Waals surface area contributed by atoms with Crippen LogP contribution in [0, 0.1) is 0 Å². The third-order valence-corrected chi connectivity index (χ3v) is 5.46. The van der Waals surface area contributed by atoms with Crippen LogP contribution >= 0.6 is 0 Å². The van der Waals surface area contributed by atoms with E-state index in [-0.39, 0.29) is 18.6 Å². The number of hydrogen-bond acceptors (Lipinski definition) is 8. The van der Waals surface area contributed by atoms with E-state index in [1.54, 1.807) is 30.5 Å².